The molecule has 0 bridgehead atoms. The Morgan fingerprint density at radius 2 is 1.96 bits per heavy atom. The lowest BCUT2D eigenvalue weighted by Gasteiger charge is -2.10. The van der Waals surface area contributed by atoms with Crippen LogP contribution >= 0.6 is 0 Å². The number of aryl methyl sites for hydroxylation is 1. The molecule has 0 amide bonds. The minimum Gasteiger partial charge on any atom is -0.289 e. The van der Waals surface area contributed by atoms with Gasteiger partial charge in [-0.3, -0.25) is 9.48 Å². The number of halogens is 1. The van der Waals surface area contributed by atoms with Crippen LogP contribution in [0.15, 0.2) is 30.3 Å². The van der Waals surface area contributed by atoms with Crippen LogP contribution in [0.4, 0.5) is 4.39 Å². The average Bonchev–Trinajstić information content (AvgIpc) is 3.05. The molecule has 5 nitrogen and oxygen atoms in total. The predicted molar refractivity (Wildman–Crippen MR) is 93.8 cm³/mol. The van der Waals surface area contributed by atoms with Gasteiger partial charge in [0.15, 0.2) is 15.6 Å². The lowest BCUT2D eigenvalue weighted by molar-refractivity contribution is 0.104. The summed E-state index contributed by atoms with van der Waals surface area (Å²) in [6, 6.07) is 5.22. The quantitative estimate of drug-likeness (QED) is 0.619. The topological polar surface area (TPSA) is 69.0 Å². The number of rotatable bonds is 4. The van der Waals surface area contributed by atoms with Crippen LogP contribution in [0.1, 0.15) is 39.8 Å². The second kappa shape index (κ2) is 6.55. The Kier molecular flexibility index (Phi) is 4.60. The lowest BCUT2D eigenvalue weighted by atomic mass is 10.1. The van der Waals surface area contributed by atoms with Gasteiger partial charge in [0.25, 0.3) is 0 Å². The Balaban J connectivity index is 1.83. The third-order valence-electron chi connectivity index (χ3n) is 4.47. The highest BCUT2D eigenvalue weighted by Gasteiger charge is 2.31. The third kappa shape index (κ3) is 3.71. The summed E-state index contributed by atoms with van der Waals surface area (Å²) >= 11 is 0. The number of aromatic nitrogens is 2. The summed E-state index contributed by atoms with van der Waals surface area (Å²) in [6.07, 6.45) is 3.67. The Bertz CT molecular complexity index is 943. The Morgan fingerprint density at radius 3 is 2.56 bits per heavy atom. The zero-order chi connectivity index (χ0) is 18.2. The fourth-order valence-electron chi connectivity index (χ4n) is 3.11. The molecule has 0 saturated carbocycles. The van der Waals surface area contributed by atoms with Crippen LogP contribution in [0.5, 0.6) is 0 Å². The van der Waals surface area contributed by atoms with Crippen molar-refractivity contribution in [2.24, 2.45) is 0 Å². The van der Waals surface area contributed by atoms with Gasteiger partial charge in [-0.05, 0) is 56.7 Å². The number of benzene rings is 1. The molecular weight excluding hydrogens is 343 g/mol. The average molecular weight is 362 g/mol. The highest BCUT2D eigenvalue weighted by Crippen LogP contribution is 2.27. The van der Waals surface area contributed by atoms with E-state index in [4.69, 9.17) is 0 Å². The first-order chi connectivity index (χ1) is 11.8. The highest BCUT2D eigenvalue weighted by molar-refractivity contribution is 7.91. The van der Waals surface area contributed by atoms with Crippen molar-refractivity contribution in [3.05, 3.63) is 58.7 Å². The van der Waals surface area contributed by atoms with Crippen molar-refractivity contribution in [2.45, 2.75) is 26.3 Å². The van der Waals surface area contributed by atoms with Crippen LogP contribution in [-0.4, -0.2) is 35.5 Å². The van der Waals surface area contributed by atoms with Crippen molar-refractivity contribution >= 4 is 21.7 Å². The monoisotopic (exact) mass is 362 g/mol. The zero-order valence-corrected chi connectivity index (χ0v) is 14.9. The van der Waals surface area contributed by atoms with E-state index >= 15 is 0 Å². The Labute approximate surface area is 146 Å². The molecule has 2 heterocycles. The summed E-state index contributed by atoms with van der Waals surface area (Å²) in [4.78, 5) is 12.2. The highest BCUT2D eigenvalue weighted by atomic mass is 32.2. The van der Waals surface area contributed by atoms with E-state index < -0.39 is 9.84 Å². The van der Waals surface area contributed by atoms with Crippen LogP contribution in [-0.2, 0) is 9.84 Å². The van der Waals surface area contributed by atoms with Crippen LogP contribution in [0.25, 0.3) is 6.08 Å². The van der Waals surface area contributed by atoms with Crippen molar-refractivity contribution < 1.29 is 17.6 Å². The number of allylic oxidation sites excluding steroid dienone is 1. The number of carbonyl (C=O) groups is 1. The first-order valence-corrected chi connectivity index (χ1v) is 9.83. The van der Waals surface area contributed by atoms with Gasteiger partial charge in [-0.15, -0.1) is 0 Å². The number of carbonyl (C=O) groups excluding carboxylic acids is 1. The summed E-state index contributed by atoms with van der Waals surface area (Å²) in [5, 5.41) is 4.46. The summed E-state index contributed by atoms with van der Waals surface area (Å²) in [6.45, 7) is 3.70. The molecule has 1 aliphatic rings. The third-order valence-corrected chi connectivity index (χ3v) is 6.22. The Hall–Kier alpha value is -2.28. The second-order valence-electron chi connectivity index (χ2n) is 6.29. The fourth-order valence-corrected chi connectivity index (χ4v) is 4.80. The van der Waals surface area contributed by atoms with Gasteiger partial charge in [0.05, 0.1) is 23.2 Å². The smallest absolute Gasteiger partial charge is 0.185 e. The molecule has 132 valence electrons. The molecule has 1 aliphatic heterocycles. The maximum absolute atomic E-state index is 12.9. The van der Waals surface area contributed by atoms with Crippen molar-refractivity contribution in [1.29, 1.82) is 0 Å². The van der Waals surface area contributed by atoms with Gasteiger partial charge in [0, 0.05) is 16.8 Å². The standard InChI is InChI=1S/C18H19FN2O3S/c1-12-17(7-8-18(22)14-3-5-15(19)6-4-14)13(2)21(20-12)16-9-10-25(23,24)11-16/h3-8,16H,9-11H2,1-2H3. The molecule has 2 aromatic rings. The number of ketones is 1. The molecule has 0 aliphatic carbocycles. The van der Waals surface area contributed by atoms with E-state index in [-0.39, 0.29) is 29.1 Å². The lowest BCUT2D eigenvalue weighted by Crippen LogP contribution is -2.13. The van der Waals surface area contributed by atoms with Crippen molar-refractivity contribution in [3.63, 3.8) is 0 Å². The second-order valence-corrected chi connectivity index (χ2v) is 8.52. The van der Waals surface area contributed by atoms with E-state index in [1.54, 1.807) is 10.8 Å². The molecule has 0 radical (unpaired) electrons. The summed E-state index contributed by atoms with van der Waals surface area (Å²) in [5.41, 5.74) is 2.79. The van der Waals surface area contributed by atoms with Crippen molar-refractivity contribution in [1.82, 2.24) is 9.78 Å². The van der Waals surface area contributed by atoms with E-state index in [1.807, 2.05) is 13.8 Å². The van der Waals surface area contributed by atoms with Crippen LogP contribution in [0.2, 0.25) is 0 Å². The SMILES string of the molecule is Cc1nn(C2CCS(=O)(=O)C2)c(C)c1C=CC(=O)c1ccc(F)cc1. The van der Waals surface area contributed by atoms with Crippen molar-refractivity contribution in [3.8, 4) is 0 Å². The number of hydrogen-bond donors (Lipinski definition) is 0. The first-order valence-electron chi connectivity index (χ1n) is 8.01. The van der Waals surface area contributed by atoms with Crippen LogP contribution < -0.4 is 0 Å². The molecule has 1 aromatic carbocycles. The molecule has 3 rings (SSSR count). The predicted octanol–water partition coefficient (Wildman–Crippen LogP) is 2.89. The molecule has 0 spiro atoms. The number of sulfone groups is 1. The molecule has 1 atom stereocenters. The largest absolute Gasteiger partial charge is 0.289 e. The molecule has 1 unspecified atom stereocenters. The zero-order valence-electron chi connectivity index (χ0n) is 14.1. The van der Waals surface area contributed by atoms with E-state index in [9.17, 15) is 17.6 Å². The summed E-state index contributed by atoms with van der Waals surface area (Å²) in [5.74, 6) is -0.327. The van der Waals surface area contributed by atoms with Gasteiger partial charge >= 0.3 is 0 Å². The van der Waals surface area contributed by atoms with E-state index in [0.29, 0.717) is 12.0 Å². The van der Waals surface area contributed by atoms with E-state index in [0.717, 1.165) is 17.0 Å². The molecule has 25 heavy (non-hydrogen) atoms. The molecule has 1 saturated heterocycles. The van der Waals surface area contributed by atoms with Gasteiger partial charge in [-0.1, -0.05) is 0 Å². The molecule has 1 aromatic heterocycles. The normalized spacial score (nSPS) is 19.6. The van der Waals surface area contributed by atoms with Crippen LogP contribution in [0, 0.1) is 19.7 Å². The molecule has 1 fully saturated rings. The number of nitrogens with zero attached hydrogens (tertiary/aromatic N) is 2. The maximum Gasteiger partial charge on any atom is 0.185 e. The fraction of sp³-hybridized carbons (Fsp3) is 0.333. The maximum atomic E-state index is 12.9. The molecule has 0 N–H and O–H groups in total. The van der Waals surface area contributed by atoms with E-state index in [1.165, 1.54) is 30.3 Å². The van der Waals surface area contributed by atoms with Gasteiger partial charge in [0.2, 0.25) is 0 Å². The van der Waals surface area contributed by atoms with Gasteiger partial charge in [-0.2, -0.15) is 5.10 Å². The minimum absolute atomic E-state index is 0.104. The summed E-state index contributed by atoms with van der Waals surface area (Å²) in [7, 11) is -2.99. The molecule has 7 heteroatoms. The van der Waals surface area contributed by atoms with E-state index in [2.05, 4.69) is 5.10 Å². The minimum atomic E-state index is -2.99. The number of hydrogen-bond acceptors (Lipinski definition) is 4. The Morgan fingerprint density at radius 1 is 1.28 bits per heavy atom. The van der Waals surface area contributed by atoms with Gasteiger partial charge < -0.3 is 0 Å². The van der Waals surface area contributed by atoms with Crippen LogP contribution in [0.3, 0.4) is 0 Å². The first kappa shape index (κ1) is 17.5. The summed E-state index contributed by atoms with van der Waals surface area (Å²) < 4.78 is 38.1. The molecular formula is C18H19FN2O3S. The van der Waals surface area contributed by atoms with Gasteiger partial charge in [0.1, 0.15) is 5.82 Å². The van der Waals surface area contributed by atoms with Gasteiger partial charge in [-0.25, -0.2) is 12.8 Å². The van der Waals surface area contributed by atoms with Crippen molar-refractivity contribution in [2.75, 3.05) is 11.5 Å².